The van der Waals surface area contributed by atoms with Gasteiger partial charge in [-0.2, -0.15) is 4.74 Å². The number of carbonyl (C=O) groups is 1. The number of benzene rings is 2. The molecule has 6 heteroatoms. The van der Waals surface area contributed by atoms with Gasteiger partial charge in [-0.05, 0) is 42.8 Å². The molecular formula is C20H22N2O4. The number of methoxy groups -OCH3 is 1. The highest BCUT2D eigenvalue weighted by molar-refractivity contribution is 6.07. The van der Waals surface area contributed by atoms with Gasteiger partial charge >= 0.3 is 5.66 Å². The van der Waals surface area contributed by atoms with Gasteiger partial charge in [0.25, 0.3) is 5.78 Å². The zero-order valence-electron chi connectivity index (χ0n) is 15.0. The predicted molar refractivity (Wildman–Crippen MR) is 97.6 cm³/mol. The average molecular weight is 354 g/mol. The topological polar surface area (TPSA) is 75.8 Å². The van der Waals surface area contributed by atoms with E-state index in [1.165, 1.54) is 14.0 Å². The summed E-state index contributed by atoms with van der Waals surface area (Å²) >= 11 is 0. The second-order valence-electron chi connectivity index (χ2n) is 6.39. The van der Waals surface area contributed by atoms with Crippen molar-refractivity contribution in [3.8, 4) is 5.75 Å². The van der Waals surface area contributed by atoms with Crippen LogP contribution in [0.2, 0.25) is 0 Å². The summed E-state index contributed by atoms with van der Waals surface area (Å²) in [5, 5.41) is 24.8. The van der Waals surface area contributed by atoms with Crippen molar-refractivity contribution in [2.45, 2.75) is 32.0 Å². The molecule has 1 heterocycles. The lowest BCUT2D eigenvalue weighted by atomic mass is 9.99. The first kappa shape index (κ1) is 18.1. The number of nitrogens with zero attached hydrogens (tertiary/aromatic N) is 2. The quantitative estimate of drug-likeness (QED) is 0.507. The summed E-state index contributed by atoms with van der Waals surface area (Å²) in [7, 11) is 1.54. The maximum Gasteiger partial charge on any atom is 0.312 e. The van der Waals surface area contributed by atoms with E-state index in [-0.39, 0.29) is 0 Å². The standard InChI is InChI=1S/C20H22N2O4/c1-4-17-18(14-8-6-5-7-9-14)22(25)20(2,21(17)24)19(23)15-10-12-16(26-3)13-11-15/h5-13,17,24H,4H2,1-3H3/t17-,20-/m0/s1. The number of rotatable bonds is 5. The van der Waals surface area contributed by atoms with Crippen LogP contribution < -0.4 is 4.74 Å². The van der Waals surface area contributed by atoms with Crippen molar-refractivity contribution in [3.63, 3.8) is 0 Å². The van der Waals surface area contributed by atoms with Gasteiger partial charge in [-0.1, -0.05) is 25.1 Å². The lowest BCUT2D eigenvalue weighted by Gasteiger charge is -2.28. The van der Waals surface area contributed by atoms with Crippen molar-refractivity contribution in [2.75, 3.05) is 7.11 Å². The largest absolute Gasteiger partial charge is 0.622 e. The number of ether oxygens (including phenoxy) is 1. The minimum absolute atomic E-state index is 0.331. The maximum absolute atomic E-state index is 13.2. The summed E-state index contributed by atoms with van der Waals surface area (Å²) in [6.45, 7) is 3.32. The molecule has 2 aromatic rings. The van der Waals surface area contributed by atoms with Crippen LogP contribution in [-0.2, 0) is 0 Å². The summed E-state index contributed by atoms with van der Waals surface area (Å²) in [5.41, 5.74) is -0.322. The number of hydrogen-bond donors (Lipinski definition) is 1. The van der Waals surface area contributed by atoms with Gasteiger partial charge in [-0.3, -0.25) is 4.79 Å². The lowest BCUT2D eigenvalue weighted by Crippen LogP contribution is -2.54. The Labute approximate surface area is 152 Å². The number of carbonyl (C=O) groups excluding carboxylic acids is 1. The van der Waals surface area contributed by atoms with Crippen LogP contribution in [0, 0.1) is 5.21 Å². The lowest BCUT2D eigenvalue weighted by molar-refractivity contribution is -0.562. The molecule has 0 aliphatic carbocycles. The molecule has 0 fully saturated rings. The molecule has 0 radical (unpaired) electrons. The monoisotopic (exact) mass is 354 g/mol. The molecule has 2 atom stereocenters. The normalized spacial score (nSPS) is 23.3. The smallest absolute Gasteiger partial charge is 0.312 e. The van der Waals surface area contributed by atoms with Gasteiger partial charge in [0, 0.05) is 18.1 Å². The summed E-state index contributed by atoms with van der Waals surface area (Å²) in [5.74, 6) is 0.142. The fourth-order valence-electron chi connectivity index (χ4n) is 3.38. The Bertz CT molecular complexity index is 833. The van der Waals surface area contributed by atoms with E-state index in [2.05, 4.69) is 0 Å². The molecule has 0 aromatic heterocycles. The summed E-state index contributed by atoms with van der Waals surface area (Å²) < 4.78 is 5.75. The van der Waals surface area contributed by atoms with Gasteiger partial charge in [-0.15, -0.1) is 5.06 Å². The highest BCUT2D eigenvalue weighted by Gasteiger charge is 2.59. The van der Waals surface area contributed by atoms with Crippen molar-refractivity contribution in [3.05, 3.63) is 70.9 Å². The summed E-state index contributed by atoms with van der Waals surface area (Å²) in [6.07, 6.45) is 0.491. The first-order chi connectivity index (χ1) is 12.4. The van der Waals surface area contributed by atoms with Gasteiger partial charge in [-0.25, -0.2) is 0 Å². The zero-order chi connectivity index (χ0) is 18.9. The third kappa shape index (κ3) is 2.67. The van der Waals surface area contributed by atoms with Gasteiger partial charge in [0.15, 0.2) is 0 Å². The van der Waals surface area contributed by atoms with E-state index in [9.17, 15) is 15.2 Å². The SMILES string of the molecule is CC[C@H]1C(c2ccccc2)=[N+]([O-])[C@@](C)(C(=O)c2ccc(OC)cc2)N1O. The fourth-order valence-corrected chi connectivity index (χ4v) is 3.38. The molecule has 2 aromatic carbocycles. The minimum Gasteiger partial charge on any atom is -0.622 e. The summed E-state index contributed by atoms with van der Waals surface area (Å²) in [4.78, 5) is 13.1. The summed E-state index contributed by atoms with van der Waals surface area (Å²) in [6, 6.07) is 15.0. The van der Waals surface area contributed by atoms with Crippen molar-refractivity contribution in [1.82, 2.24) is 5.06 Å². The molecule has 1 aliphatic rings. The van der Waals surface area contributed by atoms with Crippen LogP contribution in [0.5, 0.6) is 5.75 Å². The van der Waals surface area contributed by atoms with Crippen molar-refractivity contribution in [2.24, 2.45) is 0 Å². The molecule has 1 aliphatic heterocycles. The Kier molecular flexibility index (Phi) is 4.80. The zero-order valence-corrected chi connectivity index (χ0v) is 15.0. The van der Waals surface area contributed by atoms with Crippen LogP contribution in [0.15, 0.2) is 54.6 Å². The molecule has 0 saturated carbocycles. The molecule has 136 valence electrons. The Morgan fingerprint density at radius 3 is 2.38 bits per heavy atom. The van der Waals surface area contributed by atoms with Crippen LogP contribution >= 0.6 is 0 Å². The second kappa shape index (κ2) is 6.90. The fraction of sp³-hybridized carbons (Fsp3) is 0.300. The molecule has 6 nitrogen and oxygen atoms in total. The molecule has 3 rings (SSSR count). The molecule has 0 bridgehead atoms. The number of ketones is 1. The van der Waals surface area contributed by atoms with Gasteiger partial charge in [0.1, 0.15) is 11.8 Å². The number of hydroxylamine groups is 3. The Balaban J connectivity index is 2.09. The maximum atomic E-state index is 13.2. The third-order valence-corrected chi connectivity index (χ3v) is 4.91. The average Bonchev–Trinajstić information content (AvgIpc) is 2.89. The molecular weight excluding hydrogens is 332 g/mol. The van der Waals surface area contributed by atoms with Gasteiger partial charge in [0.05, 0.1) is 7.11 Å². The van der Waals surface area contributed by atoms with Crippen molar-refractivity contribution >= 4 is 11.5 Å². The van der Waals surface area contributed by atoms with Gasteiger partial charge in [0.2, 0.25) is 5.71 Å². The van der Waals surface area contributed by atoms with E-state index in [0.717, 1.165) is 5.06 Å². The van der Waals surface area contributed by atoms with Crippen LogP contribution in [0.1, 0.15) is 36.2 Å². The van der Waals surface area contributed by atoms with E-state index in [0.29, 0.717) is 33.7 Å². The van der Waals surface area contributed by atoms with E-state index >= 15 is 0 Å². The first-order valence-electron chi connectivity index (χ1n) is 8.51. The highest BCUT2D eigenvalue weighted by atomic mass is 16.6. The van der Waals surface area contributed by atoms with Gasteiger partial charge < -0.3 is 15.2 Å². The Morgan fingerprint density at radius 2 is 1.85 bits per heavy atom. The van der Waals surface area contributed by atoms with Crippen LogP contribution in [0.3, 0.4) is 0 Å². The highest BCUT2D eigenvalue weighted by Crippen LogP contribution is 2.32. The molecule has 0 spiro atoms. The Morgan fingerprint density at radius 1 is 1.23 bits per heavy atom. The third-order valence-electron chi connectivity index (χ3n) is 4.91. The second-order valence-corrected chi connectivity index (χ2v) is 6.39. The van der Waals surface area contributed by atoms with E-state index in [1.54, 1.807) is 36.4 Å². The van der Waals surface area contributed by atoms with Crippen molar-refractivity contribution in [1.29, 1.82) is 0 Å². The molecule has 0 unspecified atom stereocenters. The minimum atomic E-state index is -1.74. The van der Waals surface area contributed by atoms with Crippen LogP contribution in [0.25, 0.3) is 0 Å². The van der Waals surface area contributed by atoms with E-state index in [4.69, 9.17) is 4.74 Å². The number of hydrogen-bond acceptors (Lipinski definition) is 5. The van der Waals surface area contributed by atoms with Crippen LogP contribution in [0.4, 0.5) is 0 Å². The first-order valence-corrected chi connectivity index (χ1v) is 8.51. The predicted octanol–water partition coefficient (Wildman–Crippen LogP) is 3.08. The molecule has 26 heavy (non-hydrogen) atoms. The Hall–Kier alpha value is -2.70. The van der Waals surface area contributed by atoms with Crippen molar-refractivity contribution < 1.29 is 19.5 Å². The van der Waals surface area contributed by atoms with E-state index < -0.39 is 17.5 Å². The molecule has 1 N–H and O–H groups in total. The number of Topliss-reactive ketones (excluding diaryl/α,β-unsaturated/α-hetero) is 1. The molecule has 0 saturated heterocycles. The van der Waals surface area contributed by atoms with E-state index in [1.807, 2.05) is 25.1 Å². The van der Waals surface area contributed by atoms with Crippen LogP contribution in [-0.4, -0.2) is 45.3 Å². The molecule has 0 amide bonds.